The van der Waals surface area contributed by atoms with E-state index in [9.17, 15) is 14.4 Å². The molecule has 6 heteroatoms. The van der Waals surface area contributed by atoms with Crippen molar-refractivity contribution in [3.8, 4) is 0 Å². The Morgan fingerprint density at radius 1 is 1.42 bits per heavy atom. The van der Waals surface area contributed by atoms with E-state index in [0.717, 1.165) is 12.8 Å². The van der Waals surface area contributed by atoms with Crippen LogP contribution < -0.4 is 5.32 Å². The largest absolute Gasteiger partial charge is 0.480 e. The second-order valence-corrected chi connectivity index (χ2v) is 4.50. The number of carboxylic acid groups (broad SMARTS) is 1. The Morgan fingerprint density at radius 2 is 2.16 bits per heavy atom. The minimum Gasteiger partial charge on any atom is -0.480 e. The first kappa shape index (κ1) is 15.2. The average molecular weight is 269 g/mol. The molecule has 0 saturated carbocycles. The molecule has 0 aliphatic heterocycles. The van der Waals surface area contributed by atoms with Gasteiger partial charge in [-0.15, -0.1) is 0 Å². The van der Waals surface area contributed by atoms with Crippen LogP contribution in [0.2, 0.25) is 0 Å². The zero-order chi connectivity index (χ0) is 14.3. The molecule has 2 N–H and O–H groups in total. The van der Waals surface area contributed by atoms with Crippen molar-refractivity contribution in [1.82, 2.24) is 5.32 Å². The Balaban J connectivity index is 2.48. The molecule has 0 aromatic rings. The Labute approximate surface area is 111 Å². The molecule has 0 radical (unpaired) electrons. The highest BCUT2D eigenvalue weighted by Crippen LogP contribution is 2.18. The van der Waals surface area contributed by atoms with Crippen LogP contribution >= 0.6 is 0 Å². The molecule has 1 amide bonds. The Morgan fingerprint density at radius 3 is 2.68 bits per heavy atom. The number of esters is 1. The maximum absolute atomic E-state index is 11.9. The molecule has 1 aliphatic carbocycles. The monoisotopic (exact) mass is 269 g/mol. The Hall–Kier alpha value is -1.85. The molecular formula is C13H19NO5. The number of carbonyl (C=O) groups excluding carboxylic acids is 2. The molecule has 0 heterocycles. The van der Waals surface area contributed by atoms with Gasteiger partial charge in [0.2, 0.25) is 5.91 Å². The van der Waals surface area contributed by atoms with Crippen molar-refractivity contribution in [2.45, 2.75) is 38.1 Å². The first-order valence-electron chi connectivity index (χ1n) is 6.29. The van der Waals surface area contributed by atoms with Crippen molar-refractivity contribution in [2.75, 3.05) is 7.11 Å². The zero-order valence-electron chi connectivity index (χ0n) is 10.9. The van der Waals surface area contributed by atoms with Crippen LogP contribution in [0.3, 0.4) is 0 Å². The minimum atomic E-state index is -1.14. The van der Waals surface area contributed by atoms with Gasteiger partial charge in [0, 0.05) is 12.3 Å². The smallest absolute Gasteiger partial charge is 0.326 e. The molecule has 0 fully saturated rings. The number of carbonyl (C=O) groups is 3. The van der Waals surface area contributed by atoms with E-state index in [4.69, 9.17) is 5.11 Å². The highest BCUT2D eigenvalue weighted by atomic mass is 16.5. The number of hydrogen-bond acceptors (Lipinski definition) is 4. The molecule has 19 heavy (non-hydrogen) atoms. The van der Waals surface area contributed by atoms with Crippen LogP contribution in [0.4, 0.5) is 0 Å². The summed E-state index contributed by atoms with van der Waals surface area (Å²) < 4.78 is 4.45. The molecular weight excluding hydrogens is 250 g/mol. The van der Waals surface area contributed by atoms with Crippen LogP contribution in [0, 0.1) is 5.92 Å². The first-order valence-corrected chi connectivity index (χ1v) is 6.29. The standard InChI is InChI=1S/C13H19NO5/c1-19-11(15)8-7-10(13(17)18)14-12(16)9-5-3-2-4-6-9/h2-3,9-10H,4-8H2,1H3,(H,14,16)(H,17,18). The van der Waals surface area contributed by atoms with Gasteiger partial charge in [-0.05, 0) is 25.7 Å². The van der Waals surface area contributed by atoms with Crippen molar-refractivity contribution in [2.24, 2.45) is 5.92 Å². The summed E-state index contributed by atoms with van der Waals surface area (Å²) in [6, 6.07) is -1.04. The van der Waals surface area contributed by atoms with Crippen molar-refractivity contribution < 1.29 is 24.2 Å². The average Bonchev–Trinajstić information content (AvgIpc) is 2.43. The molecule has 2 atom stereocenters. The van der Waals surface area contributed by atoms with Gasteiger partial charge in [0.25, 0.3) is 0 Å². The lowest BCUT2D eigenvalue weighted by Crippen LogP contribution is -2.44. The summed E-state index contributed by atoms with van der Waals surface area (Å²) in [5, 5.41) is 11.5. The fourth-order valence-electron chi connectivity index (χ4n) is 1.94. The highest BCUT2D eigenvalue weighted by molar-refractivity contribution is 5.85. The molecule has 1 rings (SSSR count). The summed E-state index contributed by atoms with van der Waals surface area (Å²) in [6.07, 6.45) is 6.14. The predicted molar refractivity (Wildman–Crippen MR) is 67.3 cm³/mol. The van der Waals surface area contributed by atoms with E-state index in [1.807, 2.05) is 12.2 Å². The SMILES string of the molecule is COC(=O)CCC(NC(=O)C1CC=CCC1)C(=O)O. The zero-order valence-corrected chi connectivity index (χ0v) is 10.9. The molecule has 0 saturated heterocycles. The van der Waals surface area contributed by atoms with E-state index >= 15 is 0 Å². The van der Waals surface area contributed by atoms with Gasteiger partial charge in [0.1, 0.15) is 6.04 Å². The second-order valence-electron chi connectivity index (χ2n) is 4.50. The van der Waals surface area contributed by atoms with Gasteiger partial charge < -0.3 is 15.2 Å². The van der Waals surface area contributed by atoms with Gasteiger partial charge in [0.05, 0.1) is 7.11 Å². The second kappa shape index (κ2) is 7.56. The van der Waals surface area contributed by atoms with Gasteiger partial charge in [0.15, 0.2) is 0 Å². The normalized spacial score (nSPS) is 19.5. The first-order chi connectivity index (χ1) is 9.04. The van der Waals surface area contributed by atoms with E-state index < -0.39 is 18.0 Å². The van der Waals surface area contributed by atoms with Crippen LogP contribution in [-0.2, 0) is 19.1 Å². The van der Waals surface area contributed by atoms with Crippen molar-refractivity contribution >= 4 is 17.8 Å². The number of rotatable bonds is 6. The van der Waals surface area contributed by atoms with Crippen molar-refractivity contribution in [1.29, 1.82) is 0 Å². The number of carboxylic acids is 1. The van der Waals surface area contributed by atoms with Gasteiger partial charge in [-0.3, -0.25) is 9.59 Å². The number of methoxy groups -OCH3 is 1. The van der Waals surface area contributed by atoms with Crippen LogP contribution in [0.5, 0.6) is 0 Å². The minimum absolute atomic E-state index is 0.0294. The predicted octanol–water partition coefficient (Wildman–Crippen LogP) is 0.865. The lowest BCUT2D eigenvalue weighted by atomic mass is 9.93. The van der Waals surface area contributed by atoms with E-state index in [2.05, 4.69) is 10.1 Å². The van der Waals surface area contributed by atoms with E-state index in [1.165, 1.54) is 7.11 Å². The summed E-state index contributed by atoms with van der Waals surface area (Å²) in [5.41, 5.74) is 0. The van der Waals surface area contributed by atoms with E-state index in [0.29, 0.717) is 6.42 Å². The summed E-state index contributed by atoms with van der Waals surface area (Å²) in [5.74, 6) is -2.06. The number of ether oxygens (including phenoxy) is 1. The summed E-state index contributed by atoms with van der Waals surface area (Å²) in [4.78, 5) is 33.9. The van der Waals surface area contributed by atoms with E-state index in [-0.39, 0.29) is 24.7 Å². The van der Waals surface area contributed by atoms with Crippen molar-refractivity contribution in [3.05, 3.63) is 12.2 Å². The molecule has 0 aromatic carbocycles. The fourth-order valence-corrected chi connectivity index (χ4v) is 1.94. The summed E-state index contributed by atoms with van der Waals surface area (Å²) in [6.45, 7) is 0. The van der Waals surface area contributed by atoms with Crippen LogP contribution in [0.1, 0.15) is 32.1 Å². The highest BCUT2D eigenvalue weighted by Gasteiger charge is 2.25. The van der Waals surface area contributed by atoms with Gasteiger partial charge in [-0.25, -0.2) is 4.79 Å². The maximum atomic E-state index is 11.9. The summed E-state index contributed by atoms with van der Waals surface area (Å²) in [7, 11) is 1.24. The third kappa shape index (κ3) is 5.11. The quantitative estimate of drug-likeness (QED) is 0.551. The van der Waals surface area contributed by atoms with Crippen LogP contribution in [-0.4, -0.2) is 36.1 Å². The lowest BCUT2D eigenvalue weighted by molar-refractivity contribution is -0.144. The molecule has 0 aromatic heterocycles. The van der Waals surface area contributed by atoms with E-state index in [1.54, 1.807) is 0 Å². The third-order valence-electron chi connectivity index (χ3n) is 3.12. The van der Waals surface area contributed by atoms with Gasteiger partial charge >= 0.3 is 11.9 Å². The Bertz CT molecular complexity index is 377. The van der Waals surface area contributed by atoms with Crippen LogP contribution in [0.25, 0.3) is 0 Å². The molecule has 1 aliphatic rings. The number of amides is 1. The third-order valence-corrected chi connectivity index (χ3v) is 3.12. The number of aliphatic carboxylic acids is 1. The lowest BCUT2D eigenvalue weighted by Gasteiger charge is -2.20. The van der Waals surface area contributed by atoms with Crippen LogP contribution in [0.15, 0.2) is 12.2 Å². The molecule has 2 unspecified atom stereocenters. The maximum Gasteiger partial charge on any atom is 0.326 e. The van der Waals surface area contributed by atoms with Gasteiger partial charge in [-0.2, -0.15) is 0 Å². The molecule has 106 valence electrons. The molecule has 0 spiro atoms. The number of nitrogens with one attached hydrogen (secondary N) is 1. The summed E-state index contributed by atoms with van der Waals surface area (Å²) >= 11 is 0. The fraction of sp³-hybridized carbons (Fsp3) is 0.615. The Kier molecular flexibility index (Phi) is 6.05. The molecule has 0 bridgehead atoms. The molecule has 6 nitrogen and oxygen atoms in total. The number of hydrogen-bond donors (Lipinski definition) is 2. The number of allylic oxidation sites excluding steroid dienone is 2. The van der Waals surface area contributed by atoms with Crippen molar-refractivity contribution in [3.63, 3.8) is 0 Å². The van der Waals surface area contributed by atoms with Gasteiger partial charge in [-0.1, -0.05) is 12.2 Å². The topological polar surface area (TPSA) is 92.7 Å².